The summed E-state index contributed by atoms with van der Waals surface area (Å²) in [5.41, 5.74) is 3.02. The molecule has 0 aromatic heterocycles. The van der Waals surface area contributed by atoms with Gasteiger partial charge in [-0.25, -0.2) is 0 Å². The van der Waals surface area contributed by atoms with Gasteiger partial charge in [0, 0.05) is 10.6 Å². The first kappa shape index (κ1) is 18.1. The topological polar surface area (TPSA) is 58.2 Å². The SMILES string of the molecule is CCc1ccccc1NC(=O)CNC(=O)CSc1ccccc1C. The molecule has 0 saturated heterocycles. The highest BCUT2D eigenvalue weighted by atomic mass is 32.2. The fraction of sp³-hybridized carbons (Fsp3) is 0.263. The van der Waals surface area contributed by atoms with Crippen molar-refractivity contribution < 1.29 is 9.59 Å². The van der Waals surface area contributed by atoms with E-state index in [4.69, 9.17) is 0 Å². The number of carbonyl (C=O) groups excluding carboxylic acids is 2. The first-order valence-electron chi connectivity index (χ1n) is 7.93. The molecule has 0 unspecified atom stereocenters. The van der Waals surface area contributed by atoms with Gasteiger partial charge in [-0.2, -0.15) is 0 Å². The smallest absolute Gasteiger partial charge is 0.243 e. The third kappa shape index (κ3) is 5.42. The van der Waals surface area contributed by atoms with Crippen LogP contribution in [-0.2, 0) is 16.0 Å². The largest absolute Gasteiger partial charge is 0.346 e. The molecule has 2 aromatic rings. The maximum atomic E-state index is 12.0. The van der Waals surface area contributed by atoms with Crippen molar-refractivity contribution in [2.75, 3.05) is 17.6 Å². The molecule has 0 atom stereocenters. The third-order valence-corrected chi connectivity index (χ3v) is 4.75. The lowest BCUT2D eigenvalue weighted by Gasteiger charge is -2.10. The normalized spacial score (nSPS) is 10.2. The fourth-order valence-corrected chi connectivity index (χ4v) is 3.10. The second-order valence-corrected chi connectivity index (χ2v) is 6.41. The highest BCUT2D eigenvalue weighted by Crippen LogP contribution is 2.21. The molecule has 2 aromatic carbocycles. The first-order chi connectivity index (χ1) is 11.6. The van der Waals surface area contributed by atoms with Gasteiger partial charge in [0.2, 0.25) is 11.8 Å². The Morgan fingerprint density at radius 3 is 2.46 bits per heavy atom. The van der Waals surface area contributed by atoms with Crippen LogP contribution in [0.5, 0.6) is 0 Å². The number of para-hydroxylation sites is 1. The molecule has 0 saturated carbocycles. The molecule has 0 aliphatic carbocycles. The number of amides is 2. The van der Waals surface area contributed by atoms with Gasteiger partial charge in [-0.1, -0.05) is 43.3 Å². The van der Waals surface area contributed by atoms with Gasteiger partial charge in [0.25, 0.3) is 0 Å². The summed E-state index contributed by atoms with van der Waals surface area (Å²) in [5, 5.41) is 5.50. The minimum atomic E-state index is -0.217. The zero-order valence-corrected chi connectivity index (χ0v) is 14.8. The molecule has 0 bridgehead atoms. The van der Waals surface area contributed by atoms with Gasteiger partial charge in [0.15, 0.2) is 0 Å². The van der Waals surface area contributed by atoms with Crippen LogP contribution in [0.15, 0.2) is 53.4 Å². The quantitative estimate of drug-likeness (QED) is 0.758. The van der Waals surface area contributed by atoms with Crippen LogP contribution in [-0.4, -0.2) is 24.1 Å². The summed E-state index contributed by atoms with van der Waals surface area (Å²) >= 11 is 1.47. The minimum absolute atomic E-state index is 0.0226. The van der Waals surface area contributed by atoms with E-state index in [0.29, 0.717) is 5.75 Å². The summed E-state index contributed by atoms with van der Waals surface area (Å²) in [6.45, 7) is 4.03. The second-order valence-electron chi connectivity index (χ2n) is 5.39. The van der Waals surface area contributed by atoms with E-state index in [-0.39, 0.29) is 18.4 Å². The minimum Gasteiger partial charge on any atom is -0.346 e. The lowest BCUT2D eigenvalue weighted by atomic mass is 10.1. The molecule has 0 spiro atoms. The molecule has 4 nitrogen and oxygen atoms in total. The Kier molecular flexibility index (Phi) is 6.88. The molecule has 0 heterocycles. The Bertz CT molecular complexity index is 716. The van der Waals surface area contributed by atoms with E-state index in [1.807, 2.05) is 62.4 Å². The number of benzene rings is 2. The molecule has 2 rings (SSSR count). The van der Waals surface area contributed by atoms with Crippen LogP contribution in [0.2, 0.25) is 0 Å². The van der Waals surface area contributed by atoms with Crippen molar-refractivity contribution in [3.8, 4) is 0 Å². The summed E-state index contributed by atoms with van der Waals surface area (Å²) in [5.74, 6) is -0.0729. The molecule has 126 valence electrons. The zero-order chi connectivity index (χ0) is 17.4. The van der Waals surface area contributed by atoms with Gasteiger partial charge in [-0.15, -0.1) is 11.8 Å². The molecule has 2 N–H and O–H groups in total. The van der Waals surface area contributed by atoms with E-state index in [1.54, 1.807) is 0 Å². The van der Waals surface area contributed by atoms with Gasteiger partial charge in [-0.05, 0) is 36.6 Å². The van der Waals surface area contributed by atoms with Crippen LogP contribution < -0.4 is 10.6 Å². The lowest BCUT2D eigenvalue weighted by Crippen LogP contribution is -2.34. The Labute approximate surface area is 147 Å². The van der Waals surface area contributed by atoms with Crippen molar-refractivity contribution in [3.05, 3.63) is 59.7 Å². The maximum Gasteiger partial charge on any atom is 0.243 e. The average Bonchev–Trinajstić information content (AvgIpc) is 2.59. The van der Waals surface area contributed by atoms with Gasteiger partial charge in [0.05, 0.1) is 12.3 Å². The van der Waals surface area contributed by atoms with Gasteiger partial charge >= 0.3 is 0 Å². The summed E-state index contributed by atoms with van der Waals surface area (Å²) in [6, 6.07) is 15.6. The van der Waals surface area contributed by atoms with Crippen molar-refractivity contribution >= 4 is 29.3 Å². The van der Waals surface area contributed by atoms with Crippen LogP contribution in [0.3, 0.4) is 0 Å². The summed E-state index contributed by atoms with van der Waals surface area (Å²) in [7, 11) is 0. The fourth-order valence-electron chi connectivity index (χ4n) is 2.24. The molecule has 0 fully saturated rings. The van der Waals surface area contributed by atoms with E-state index < -0.39 is 0 Å². The predicted octanol–water partition coefficient (Wildman–Crippen LogP) is 3.40. The van der Waals surface area contributed by atoms with Gasteiger partial charge in [-0.3, -0.25) is 9.59 Å². The average molecular weight is 342 g/mol. The van der Waals surface area contributed by atoms with Crippen LogP contribution in [0, 0.1) is 6.92 Å². The molecule has 0 aliphatic rings. The Hall–Kier alpha value is -2.27. The zero-order valence-electron chi connectivity index (χ0n) is 14.0. The Morgan fingerprint density at radius 1 is 1.00 bits per heavy atom. The van der Waals surface area contributed by atoms with Crippen molar-refractivity contribution in [1.29, 1.82) is 0 Å². The van der Waals surface area contributed by atoms with Crippen molar-refractivity contribution in [1.82, 2.24) is 5.32 Å². The number of hydrogen-bond donors (Lipinski definition) is 2. The molecule has 5 heteroatoms. The number of nitrogens with one attached hydrogen (secondary N) is 2. The summed E-state index contributed by atoms with van der Waals surface area (Å²) < 4.78 is 0. The molecule has 0 aliphatic heterocycles. The Morgan fingerprint density at radius 2 is 1.71 bits per heavy atom. The predicted molar refractivity (Wildman–Crippen MR) is 99.4 cm³/mol. The summed E-state index contributed by atoms with van der Waals surface area (Å²) in [4.78, 5) is 25.0. The van der Waals surface area contributed by atoms with Crippen molar-refractivity contribution in [2.24, 2.45) is 0 Å². The molecule has 2 amide bonds. The van der Waals surface area contributed by atoms with Crippen molar-refractivity contribution in [3.63, 3.8) is 0 Å². The van der Waals surface area contributed by atoms with E-state index in [2.05, 4.69) is 10.6 Å². The number of hydrogen-bond acceptors (Lipinski definition) is 3. The van der Waals surface area contributed by atoms with Crippen LogP contribution >= 0.6 is 11.8 Å². The lowest BCUT2D eigenvalue weighted by molar-refractivity contribution is -0.122. The summed E-state index contributed by atoms with van der Waals surface area (Å²) in [6.07, 6.45) is 0.843. The van der Waals surface area contributed by atoms with Crippen LogP contribution in [0.1, 0.15) is 18.1 Å². The molecular weight excluding hydrogens is 320 g/mol. The highest BCUT2D eigenvalue weighted by molar-refractivity contribution is 8.00. The number of aryl methyl sites for hydroxylation is 2. The van der Waals surface area contributed by atoms with Gasteiger partial charge < -0.3 is 10.6 Å². The third-order valence-electron chi connectivity index (χ3n) is 3.57. The van der Waals surface area contributed by atoms with Crippen molar-refractivity contribution in [2.45, 2.75) is 25.2 Å². The molecular formula is C19H22N2O2S. The number of rotatable bonds is 7. The molecule has 24 heavy (non-hydrogen) atoms. The van der Waals surface area contributed by atoms with Crippen LogP contribution in [0.4, 0.5) is 5.69 Å². The monoisotopic (exact) mass is 342 g/mol. The standard InChI is InChI=1S/C19H22N2O2S/c1-3-15-9-5-6-10-16(15)21-18(22)12-20-19(23)13-24-17-11-7-4-8-14(17)2/h4-11H,3,12-13H2,1-2H3,(H,20,23)(H,21,22). The molecule has 0 radical (unpaired) electrons. The Balaban J connectivity index is 1.77. The number of anilines is 1. The van der Waals surface area contributed by atoms with E-state index in [0.717, 1.165) is 28.1 Å². The van der Waals surface area contributed by atoms with E-state index in [9.17, 15) is 9.59 Å². The first-order valence-corrected chi connectivity index (χ1v) is 8.91. The number of thioether (sulfide) groups is 1. The second kappa shape index (κ2) is 9.13. The highest BCUT2D eigenvalue weighted by Gasteiger charge is 2.09. The van der Waals surface area contributed by atoms with E-state index >= 15 is 0 Å². The van der Waals surface area contributed by atoms with Gasteiger partial charge in [0.1, 0.15) is 0 Å². The van der Waals surface area contributed by atoms with E-state index in [1.165, 1.54) is 11.8 Å². The maximum absolute atomic E-state index is 12.0. The number of carbonyl (C=O) groups is 2. The van der Waals surface area contributed by atoms with Crippen LogP contribution in [0.25, 0.3) is 0 Å².